The van der Waals surface area contributed by atoms with Crippen LogP contribution in [-0.2, 0) is 11.3 Å². The fraction of sp³-hybridized carbons (Fsp3) is 0.188. The van der Waals surface area contributed by atoms with Gasteiger partial charge in [0, 0.05) is 23.2 Å². The smallest absolute Gasteiger partial charge is 0.305 e. The maximum Gasteiger partial charge on any atom is 0.305 e. The molecule has 1 atom stereocenters. The number of hydrogen-bond donors (Lipinski definition) is 3. The normalized spacial score (nSPS) is 12.1. The zero-order chi connectivity index (χ0) is 16.1. The summed E-state index contributed by atoms with van der Waals surface area (Å²) >= 11 is 11.8. The predicted octanol–water partition coefficient (Wildman–Crippen LogP) is 4.00. The Hall–Kier alpha value is -1.75. The van der Waals surface area contributed by atoms with E-state index in [1.54, 1.807) is 6.07 Å². The van der Waals surface area contributed by atoms with Gasteiger partial charge in [-0.1, -0.05) is 53.5 Å². The zero-order valence-electron chi connectivity index (χ0n) is 11.6. The lowest BCUT2D eigenvalue weighted by Gasteiger charge is -2.18. The quantitative estimate of drug-likeness (QED) is 0.743. The number of carboxylic acids is 1. The second-order valence-electron chi connectivity index (χ2n) is 4.84. The molecule has 0 aromatic heterocycles. The van der Waals surface area contributed by atoms with Crippen LogP contribution in [0.1, 0.15) is 23.6 Å². The topological polar surface area (TPSA) is 69.6 Å². The van der Waals surface area contributed by atoms with Crippen molar-refractivity contribution < 1.29 is 15.0 Å². The summed E-state index contributed by atoms with van der Waals surface area (Å²) in [5, 5.41) is 22.7. The molecule has 116 valence electrons. The molecule has 22 heavy (non-hydrogen) atoms. The van der Waals surface area contributed by atoms with Gasteiger partial charge in [0.2, 0.25) is 0 Å². The number of carbonyl (C=O) groups is 1. The summed E-state index contributed by atoms with van der Waals surface area (Å²) in [4.78, 5) is 11.0. The molecule has 2 rings (SSSR count). The highest BCUT2D eigenvalue weighted by molar-refractivity contribution is 6.35. The Morgan fingerprint density at radius 1 is 1.18 bits per heavy atom. The molecular weight excluding hydrogens is 325 g/mol. The predicted molar refractivity (Wildman–Crippen MR) is 86.4 cm³/mol. The van der Waals surface area contributed by atoms with E-state index in [0.717, 1.165) is 5.56 Å². The molecule has 0 aliphatic heterocycles. The van der Waals surface area contributed by atoms with Crippen molar-refractivity contribution in [1.82, 2.24) is 5.32 Å². The van der Waals surface area contributed by atoms with Crippen molar-refractivity contribution in [2.24, 2.45) is 0 Å². The van der Waals surface area contributed by atoms with E-state index in [2.05, 4.69) is 5.32 Å². The van der Waals surface area contributed by atoms with Gasteiger partial charge in [-0.3, -0.25) is 4.79 Å². The van der Waals surface area contributed by atoms with Gasteiger partial charge in [-0.05, 0) is 17.7 Å². The average molecular weight is 340 g/mol. The Morgan fingerprint density at radius 3 is 2.50 bits per heavy atom. The van der Waals surface area contributed by atoms with E-state index >= 15 is 0 Å². The molecule has 0 bridgehead atoms. The maximum atomic E-state index is 11.0. The standard InChI is InChI=1S/C16H15Cl2NO3/c17-12-6-11(16(22)13(18)7-12)9-19-14(8-15(20)21)10-4-2-1-3-5-10/h1-7,14,19,22H,8-9H2,(H,20,21). The first-order chi connectivity index (χ1) is 10.5. The van der Waals surface area contributed by atoms with Gasteiger partial charge < -0.3 is 15.5 Å². The van der Waals surface area contributed by atoms with Crippen LogP contribution < -0.4 is 5.32 Å². The van der Waals surface area contributed by atoms with Gasteiger partial charge in [-0.25, -0.2) is 0 Å². The molecule has 0 heterocycles. The van der Waals surface area contributed by atoms with E-state index in [1.165, 1.54) is 6.07 Å². The molecule has 6 heteroatoms. The molecule has 0 fully saturated rings. The first-order valence-electron chi connectivity index (χ1n) is 6.64. The number of benzene rings is 2. The van der Waals surface area contributed by atoms with E-state index in [9.17, 15) is 9.90 Å². The van der Waals surface area contributed by atoms with Gasteiger partial charge in [0.05, 0.1) is 11.4 Å². The molecule has 0 spiro atoms. The van der Waals surface area contributed by atoms with Crippen LogP contribution in [0.15, 0.2) is 42.5 Å². The number of carboxylic acid groups (broad SMARTS) is 1. The van der Waals surface area contributed by atoms with Crippen LogP contribution in [0.4, 0.5) is 0 Å². The van der Waals surface area contributed by atoms with Gasteiger partial charge >= 0.3 is 5.97 Å². The SMILES string of the molecule is O=C(O)CC(NCc1cc(Cl)cc(Cl)c1O)c1ccccc1. The summed E-state index contributed by atoms with van der Waals surface area (Å²) in [6, 6.07) is 11.9. The maximum absolute atomic E-state index is 11.0. The van der Waals surface area contributed by atoms with Crippen molar-refractivity contribution in [3.63, 3.8) is 0 Å². The number of hydrogen-bond acceptors (Lipinski definition) is 3. The largest absolute Gasteiger partial charge is 0.506 e. The van der Waals surface area contributed by atoms with Crippen LogP contribution in [0.25, 0.3) is 0 Å². The molecule has 0 radical (unpaired) electrons. The monoisotopic (exact) mass is 339 g/mol. The number of rotatable bonds is 6. The third-order valence-corrected chi connectivity index (χ3v) is 3.73. The minimum absolute atomic E-state index is 0.0549. The second-order valence-corrected chi connectivity index (χ2v) is 5.68. The number of phenolic OH excluding ortho intramolecular Hbond substituents is 1. The van der Waals surface area contributed by atoms with Crippen molar-refractivity contribution in [3.8, 4) is 5.75 Å². The molecular formula is C16H15Cl2NO3. The molecule has 0 aliphatic rings. The van der Waals surface area contributed by atoms with Crippen LogP contribution in [0, 0.1) is 0 Å². The molecule has 1 unspecified atom stereocenters. The number of nitrogens with one attached hydrogen (secondary N) is 1. The second kappa shape index (κ2) is 7.49. The third-order valence-electron chi connectivity index (χ3n) is 3.23. The Morgan fingerprint density at radius 2 is 1.86 bits per heavy atom. The van der Waals surface area contributed by atoms with Gasteiger partial charge in [-0.2, -0.15) is 0 Å². The average Bonchev–Trinajstić information content (AvgIpc) is 2.48. The Balaban J connectivity index is 2.17. The lowest BCUT2D eigenvalue weighted by molar-refractivity contribution is -0.137. The van der Waals surface area contributed by atoms with Crippen LogP contribution in [0.3, 0.4) is 0 Å². The highest BCUT2D eigenvalue weighted by atomic mass is 35.5. The van der Waals surface area contributed by atoms with Crippen molar-refractivity contribution >= 4 is 29.2 Å². The lowest BCUT2D eigenvalue weighted by Crippen LogP contribution is -2.23. The number of halogens is 2. The Labute approximate surface area is 138 Å². The summed E-state index contributed by atoms with van der Waals surface area (Å²) in [6.07, 6.45) is -0.0704. The van der Waals surface area contributed by atoms with E-state index in [1.807, 2.05) is 30.3 Å². The first kappa shape index (κ1) is 16.6. The number of aromatic hydroxyl groups is 1. The summed E-state index contributed by atoms with van der Waals surface area (Å²) in [7, 11) is 0. The minimum atomic E-state index is -0.908. The van der Waals surface area contributed by atoms with Crippen LogP contribution in [0.5, 0.6) is 5.75 Å². The lowest BCUT2D eigenvalue weighted by atomic mass is 10.0. The van der Waals surface area contributed by atoms with Gasteiger partial charge in [0.1, 0.15) is 5.75 Å². The van der Waals surface area contributed by atoms with Crippen molar-refractivity contribution in [1.29, 1.82) is 0 Å². The molecule has 0 amide bonds. The summed E-state index contributed by atoms with van der Waals surface area (Å²) in [5.74, 6) is -0.963. The molecule has 0 saturated carbocycles. The van der Waals surface area contributed by atoms with Gasteiger partial charge in [0.25, 0.3) is 0 Å². The van der Waals surface area contributed by atoms with E-state index in [0.29, 0.717) is 10.6 Å². The molecule has 0 aliphatic carbocycles. The highest BCUT2D eigenvalue weighted by Gasteiger charge is 2.16. The molecule has 2 aromatic carbocycles. The van der Waals surface area contributed by atoms with Crippen molar-refractivity contribution in [3.05, 3.63) is 63.6 Å². The van der Waals surface area contributed by atoms with E-state index < -0.39 is 5.97 Å². The van der Waals surface area contributed by atoms with E-state index in [-0.39, 0.29) is 29.8 Å². The minimum Gasteiger partial charge on any atom is -0.506 e. The Kier molecular flexibility index (Phi) is 5.66. The summed E-state index contributed by atoms with van der Waals surface area (Å²) in [6.45, 7) is 0.249. The molecule has 2 aromatic rings. The highest BCUT2D eigenvalue weighted by Crippen LogP contribution is 2.31. The van der Waals surface area contributed by atoms with Crippen molar-refractivity contribution in [2.75, 3.05) is 0 Å². The van der Waals surface area contributed by atoms with Gasteiger partial charge in [0.15, 0.2) is 0 Å². The molecule has 3 N–H and O–H groups in total. The Bertz CT molecular complexity index is 662. The number of phenols is 1. The van der Waals surface area contributed by atoms with Crippen LogP contribution in [0.2, 0.25) is 10.0 Å². The van der Waals surface area contributed by atoms with Gasteiger partial charge in [-0.15, -0.1) is 0 Å². The fourth-order valence-electron chi connectivity index (χ4n) is 2.16. The first-order valence-corrected chi connectivity index (χ1v) is 7.40. The molecule has 0 saturated heterocycles. The molecule has 4 nitrogen and oxygen atoms in total. The third kappa shape index (κ3) is 4.37. The fourth-order valence-corrected chi connectivity index (χ4v) is 2.69. The number of aliphatic carboxylic acids is 1. The van der Waals surface area contributed by atoms with Crippen molar-refractivity contribution in [2.45, 2.75) is 19.0 Å². The summed E-state index contributed by atoms with van der Waals surface area (Å²) < 4.78 is 0. The van der Waals surface area contributed by atoms with E-state index in [4.69, 9.17) is 28.3 Å². The summed E-state index contributed by atoms with van der Waals surface area (Å²) in [5.41, 5.74) is 1.38. The van der Waals surface area contributed by atoms with Crippen LogP contribution >= 0.6 is 23.2 Å². The zero-order valence-corrected chi connectivity index (χ0v) is 13.1. The van der Waals surface area contributed by atoms with Crippen LogP contribution in [-0.4, -0.2) is 16.2 Å².